The molecule has 1 aliphatic heterocycles. The predicted octanol–water partition coefficient (Wildman–Crippen LogP) is 2.73. The van der Waals surface area contributed by atoms with E-state index in [2.05, 4.69) is 11.8 Å². The van der Waals surface area contributed by atoms with Crippen molar-refractivity contribution in [3.8, 4) is 0 Å². The summed E-state index contributed by atoms with van der Waals surface area (Å²) in [4.78, 5) is 2.26. The Morgan fingerprint density at radius 1 is 1.29 bits per heavy atom. The van der Waals surface area contributed by atoms with Gasteiger partial charge in [0, 0.05) is 0 Å². The first kappa shape index (κ1) is 13.1. The highest BCUT2D eigenvalue weighted by Gasteiger charge is 2.28. The maximum Gasteiger partial charge on any atom is 0.481 e. The van der Waals surface area contributed by atoms with Gasteiger partial charge < -0.3 is 9.29 Å². The summed E-state index contributed by atoms with van der Waals surface area (Å²) in [5.41, 5.74) is 1.02. The first-order chi connectivity index (χ1) is 8.06. The lowest BCUT2D eigenvalue weighted by Gasteiger charge is -2.43. The number of piperazine rings is 1. The lowest BCUT2D eigenvalue weighted by atomic mass is 10.1. The van der Waals surface area contributed by atoms with E-state index >= 15 is 0 Å². The van der Waals surface area contributed by atoms with Gasteiger partial charge in [-0.3, -0.25) is 0 Å². The smallest absolute Gasteiger partial charge is 0.394 e. The van der Waals surface area contributed by atoms with E-state index < -0.39 is 0 Å². The highest BCUT2D eigenvalue weighted by atomic mass is 35.5. The lowest BCUT2D eigenvalue weighted by molar-refractivity contribution is -0.815. The number of rotatable bonds is 2. The van der Waals surface area contributed by atoms with E-state index in [1.807, 2.05) is 18.2 Å². The molecule has 0 atom stereocenters. The predicted molar refractivity (Wildman–Crippen MR) is 75.0 cm³/mol. The van der Waals surface area contributed by atoms with E-state index in [9.17, 15) is 0 Å². The summed E-state index contributed by atoms with van der Waals surface area (Å²) in [6.45, 7) is 6.83. The molecular formula is C12H16BCl2N2+. The van der Waals surface area contributed by atoms with Crippen molar-refractivity contribution in [2.24, 2.45) is 0 Å². The molecule has 1 fully saturated rings. The van der Waals surface area contributed by atoms with Crippen LogP contribution < -0.4 is 4.90 Å². The molecule has 90 valence electrons. The van der Waals surface area contributed by atoms with Crippen molar-refractivity contribution in [3.63, 3.8) is 0 Å². The number of hydrogen-bond acceptors (Lipinski definition) is 1. The quantitative estimate of drug-likeness (QED) is 0.747. The van der Waals surface area contributed by atoms with E-state index in [0.29, 0.717) is 14.4 Å². The van der Waals surface area contributed by atoms with E-state index in [0.717, 1.165) is 38.4 Å². The second-order valence-corrected chi connectivity index (χ2v) is 5.33. The minimum atomic E-state index is 0.610. The van der Waals surface area contributed by atoms with Crippen LogP contribution in [0.2, 0.25) is 10.0 Å². The van der Waals surface area contributed by atoms with Gasteiger partial charge in [-0.2, -0.15) is 0 Å². The molecule has 0 unspecified atom stereocenters. The van der Waals surface area contributed by atoms with Gasteiger partial charge in [0.1, 0.15) is 0 Å². The molecule has 0 saturated carbocycles. The fourth-order valence-electron chi connectivity index (χ4n) is 2.16. The zero-order valence-electron chi connectivity index (χ0n) is 10.00. The minimum absolute atomic E-state index is 0.610. The average molecular weight is 270 g/mol. The molecule has 1 heterocycles. The third-order valence-electron chi connectivity index (χ3n) is 3.53. The SMILES string of the molecule is [B][N+]1(CC)CCN(c2cccc(Cl)c2Cl)CC1. The monoisotopic (exact) mass is 269 g/mol. The molecule has 0 spiro atoms. The molecule has 2 radical (unpaired) electrons. The summed E-state index contributed by atoms with van der Waals surface area (Å²) in [5, 5.41) is 1.25. The van der Waals surface area contributed by atoms with Crippen molar-refractivity contribution in [2.75, 3.05) is 37.6 Å². The third-order valence-corrected chi connectivity index (χ3v) is 4.34. The normalized spacial score (nSPS) is 19.4. The molecule has 2 nitrogen and oxygen atoms in total. The van der Waals surface area contributed by atoms with Crippen LogP contribution in [0.15, 0.2) is 18.2 Å². The summed E-state index contributed by atoms with van der Waals surface area (Å²) in [7, 11) is 6.22. The summed E-state index contributed by atoms with van der Waals surface area (Å²) in [6, 6.07) is 5.76. The maximum absolute atomic E-state index is 6.22. The van der Waals surface area contributed by atoms with Gasteiger partial charge in [-0.05, 0) is 19.1 Å². The van der Waals surface area contributed by atoms with Crippen LogP contribution in [-0.4, -0.2) is 45.1 Å². The van der Waals surface area contributed by atoms with Crippen molar-refractivity contribution in [1.29, 1.82) is 0 Å². The molecule has 1 saturated heterocycles. The first-order valence-electron chi connectivity index (χ1n) is 5.89. The highest BCUT2D eigenvalue weighted by molar-refractivity contribution is 6.43. The number of quaternary nitrogens is 1. The van der Waals surface area contributed by atoms with Crippen LogP contribution in [0, 0.1) is 0 Å². The van der Waals surface area contributed by atoms with Crippen LogP contribution in [0.1, 0.15) is 6.92 Å². The van der Waals surface area contributed by atoms with Crippen LogP contribution >= 0.6 is 23.2 Å². The Bertz CT molecular complexity index is 403. The fourth-order valence-corrected chi connectivity index (χ4v) is 2.57. The zero-order chi connectivity index (χ0) is 12.5. The molecule has 0 aliphatic carbocycles. The topological polar surface area (TPSA) is 3.24 Å². The van der Waals surface area contributed by atoms with Crippen molar-refractivity contribution in [2.45, 2.75) is 6.92 Å². The Morgan fingerprint density at radius 3 is 2.53 bits per heavy atom. The highest BCUT2D eigenvalue weighted by Crippen LogP contribution is 2.33. The van der Waals surface area contributed by atoms with E-state index in [4.69, 9.17) is 31.2 Å². The molecular weight excluding hydrogens is 254 g/mol. The van der Waals surface area contributed by atoms with E-state index in [-0.39, 0.29) is 0 Å². The Morgan fingerprint density at radius 2 is 1.94 bits per heavy atom. The van der Waals surface area contributed by atoms with Crippen molar-refractivity contribution < 1.29 is 4.39 Å². The van der Waals surface area contributed by atoms with Gasteiger partial charge in [-0.25, -0.2) is 0 Å². The average Bonchev–Trinajstić information content (AvgIpc) is 2.34. The summed E-state index contributed by atoms with van der Waals surface area (Å²) in [5.74, 6) is 0. The number of halogens is 2. The van der Waals surface area contributed by atoms with Crippen LogP contribution in [0.4, 0.5) is 5.69 Å². The van der Waals surface area contributed by atoms with Gasteiger partial charge in [0.2, 0.25) is 0 Å². The fraction of sp³-hybridized carbons (Fsp3) is 0.500. The molecule has 0 amide bonds. The van der Waals surface area contributed by atoms with Crippen LogP contribution in [0.25, 0.3) is 0 Å². The number of hydrogen-bond donors (Lipinski definition) is 0. The third kappa shape index (κ3) is 2.73. The number of nitrogens with zero attached hydrogens (tertiary/aromatic N) is 2. The molecule has 0 bridgehead atoms. The molecule has 1 aromatic carbocycles. The van der Waals surface area contributed by atoms with Gasteiger partial charge in [0.25, 0.3) is 0 Å². The number of benzene rings is 1. The van der Waals surface area contributed by atoms with Crippen molar-refractivity contribution >= 4 is 36.9 Å². The van der Waals surface area contributed by atoms with Gasteiger partial charge in [-0.15, -0.1) is 0 Å². The molecule has 2 rings (SSSR count). The van der Waals surface area contributed by atoms with E-state index in [1.165, 1.54) is 0 Å². The Balaban J connectivity index is 2.13. The lowest BCUT2D eigenvalue weighted by Crippen LogP contribution is -2.58. The van der Waals surface area contributed by atoms with Gasteiger partial charge in [0.15, 0.2) is 0 Å². The zero-order valence-corrected chi connectivity index (χ0v) is 11.5. The molecule has 0 N–H and O–H groups in total. The summed E-state index contributed by atoms with van der Waals surface area (Å²) in [6.07, 6.45) is 0. The van der Waals surface area contributed by atoms with Crippen LogP contribution in [-0.2, 0) is 0 Å². The second-order valence-electron chi connectivity index (χ2n) is 4.54. The Labute approximate surface area is 114 Å². The molecule has 17 heavy (non-hydrogen) atoms. The summed E-state index contributed by atoms with van der Waals surface area (Å²) >= 11 is 12.3. The molecule has 1 aromatic rings. The van der Waals surface area contributed by atoms with Gasteiger partial charge in [-0.1, -0.05) is 29.3 Å². The maximum atomic E-state index is 6.22. The number of anilines is 1. The second kappa shape index (κ2) is 5.09. The largest absolute Gasteiger partial charge is 0.481 e. The van der Waals surface area contributed by atoms with Crippen LogP contribution in [0.3, 0.4) is 0 Å². The van der Waals surface area contributed by atoms with Crippen molar-refractivity contribution in [1.82, 2.24) is 0 Å². The van der Waals surface area contributed by atoms with Gasteiger partial charge in [0.05, 0.1) is 48.5 Å². The summed E-state index contributed by atoms with van der Waals surface area (Å²) < 4.78 is 0.648. The minimum Gasteiger partial charge on any atom is -0.394 e. The first-order valence-corrected chi connectivity index (χ1v) is 6.65. The molecule has 0 aromatic heterocycles. The van der Waals surface area contributed by atoms with Crippen molar-refractivity contribution in [3.05, 3.63) is 28.2 Å². The molecule has 1 aliphatic rings. The Hall–Kier alpha value is -0.375. The standard InChI is InChI=1S/C12H16BCl2N2/c1-2-17(13)8-6-16(7-9-17)11-5-3-4-10(14)12(11)15/h3-5H,2,6-9H2,1H3/q+1. The van der Waals surface area contributed by atoms with E-state index in [1.54, 1.807) is 0 Å². The number of likely N-dealkylation sites (N-methyl/N-ethyl adjacent to an activating group) is 1. The Kier molecular flexibility index (Phi) is 3.91. The van der Waals surface area contributed by atoms with Gasteiger partial charge >= 0.3 is 7.98 Å². The molecule has 5 heteroatoms. The van der Waals surface area contributed by atoms with Crippen LogP contribution in [0.5, 0.6) is 0 Å².